The highest BCUT2D eigenvalue weighted by atomic mass is 32.1. The van der Waals surface area contributed by atoms with Crippen LogP contribution in [0.15, 0.2) is 12.1 Å². The minimum Gasteiger partial charge on any atom is -0.287 e. The fraction of sp³-hybridized carbons (Fsp3) is 0.357. The summed E-state index contributed by atoms with van der Waals surface area (Å²) in [5, 5.41) is 3.94. The number of aryl methyl sites for hydroxylation is 1. The zero-order valence-electron chi connectivity index (χ0n) is 11.6. The second-order valence-electron chi connectivity index (χ2n) is 5.59. The van der Waals surface area contributed by atoms with Gasteiger partial charge in [-0.1, -0.05) is 31.3 Å². The van der Waals surface area contributed by atoms with E-state index in [1.807, 2.05) is 20.8 Å². The first-order chi connectivity index (χ1) is 9.23. The average Bonchev–Trinajstić information content (AvgIpc) is 2.84. The number of aromatic nitrogens is 2. The van der Waals surface area contributed by atoms with Gasteiger partial charge in [0.05, 0.1) is 11.3 Å². The molecule has 0 fully saturated rings. The molecule has 0 atom stereocenters. The Morgan fingerprint density at radius 1 is 1.20 bits per heavy atom. The lowest BCUT2D eigenvalue weighted by molar-refractivity contribution is 0.103. The summed E-state index contributed by atoms with van der Waals surface area (Å²) in [4.78, 5) is 12.6. The summed E-state index contributed by atoms with van der Waals surface area (Å²) in [5.74, 6) is -2.70. The molecule has 2 aromatic rings. The van der Waals surface area contributed by atoms with Crippen molar-refractivity contribution in [3.05, 3.63) is 45.5 Å². The molecule has 2 rings (SSSR count). The van der Waals surface area contributed by atoms with Crippen LogP contribution >= 0.6 is 11.5 Å². The van der Waals surface area contributed by atoms with E-state index >= 15 is 0 Å². The number of nitrogens with zero attached hydrogens (tertiary/aromatic N) is 2. The van der Waals surface area contributed by atoms with Crippen LogP contribution in [0.3, 0.4) is 0 Å². The predicted molar refractivity (Wildman–Crippen MR) is 73.1 cm³/mol. The van der Waals surface area contributed by atoms with Crippen molar-refractivity contribution < 1.29 is 13.6 Å². The molecule has 20 heavy (non-hydrogen) atoms. The summed E-state index contributed by atoms with van der Waals surface area (Å²) in [6.45, 7) is 7.09. The molecule has 1 heterocycles. The van der Waals surface area contributed by atoms with Crippen LogP contribution in [0.2, 0.25) is 0 Å². The smallest absolute Gasteiger partial charge is 0.209 e. The number of ketones is 1. The molecular formula is C14H14F2N2OS. The molecular weight excluding hydrogens is 282 g/mol. The second kappa shape index (κ2) is 5.01. The first-order valence-electron chi connectivity index (χ1n) is 6.05. The average molecular weight is 296 g/mol. The summed E-state index contributed by atoms with van der Waals surface area (Å²) < 4.78 is 31.2. The number of halogens is 2. The predicted octanol–water partition coefficient (Wildman–Crippen LogP) is 3.65. The van der Waals surface area contributed by atoms with Gasteiger partial charge in [0.25, 0.3) is 0 Å². The maximum Gasteiger partial charge on any atom is 0.209 e. The molecule has 0 amide bonds. The maximum atomic E-state index is 13.9. The first kappa shape index (κ1) is 14.7. The Kier molecular flexibility index (Phi) is 3.69. The molecule has 0 bridgehead atoms. The van der Waals surface area contributed by atoms with E-state index in [0.717, 1.165) is 11.5 Å². The molecule has 106 valence electrons. The lowest BCUT2D eigenvalue weighted by atomic mass is 9.90. The summed E-state index contributed by atoms with van der Waals surface area (Å²) in [6.07, 6.45) is 0. The molecule has 6 heteroatoms. The van der Waals surface area contributed by atoms with Gasteiger partial charge >= 0.3 is 0 Å². The molecule has 0 aliphatic carbocycles. The molecule has 0 spiro atoms. The van der Waals surface area contributed by atoms with Crippen molar-refractivity contribution in [3.8, 4) is 0 Å². The van der Waals surface area contributed by atoms with E-state index in [0.29, 0.717) is 5.69 Å². The molecule has 0 aliphatic heterocycles. The lowest BCUT2D eigenvalue weighted by Crippen LogP contribution is -2.17. The van der Waals surface area contributed by atoms with Gasteiger partial charge in [-0.05, 0) is 30.1 Å². The van der Waals surface area contributed by atoms with Crippen molar-refractivity contribution >= 4 is 17.3 Å². The van der Waals surface area contributed by atoms with E-state index in [-0.39, 0.29) is 16.0 Å². The van der Waals surface area contributed by atoms with Crippen molar-refractivity contribution in [2.75, 3.05) is 0 Å². The van der Waals surface area contributed by atoms with E-state index < -0.39 is 22.8 Å². The van der Waals surface area contributed by atoms with Crippen LogP contribution in [0.1, 0.15) is 47.3 Å². The van der Waals surface area contributed by atoms with E-state index in [2.05, 4.69) is 9.59 Å². The quantitative estimate of drug-likeness (QED) is 0.794. The number of hydrogen-bond donors (Lipinski definition) is 0. The van der Waals surface area contributed by atoms with Crippen LogP contribution < -0.4 is 0 Å². The maximum absolute atomic E-state index is 13.9. The van der Waals surface area contributed by atoms with Gasteiger partial charge in [-0.25, -0.2) is 8.78 Å². The minimum absolute atomic E-state index is 0.164. The second-order valence-corrected chi connectivity index (χ2v) is 6.34. The van der Waals surface area contributed by atoms with Gasteiger partial charge in [-0.15, -0.1) is 5.10 Å². The lowest BCUT2D eigenvalue weighted by Gasteiger charge is -2.16. The monoisotopic (exact) mass is 296 g/mol. The molecule has 0 radical (unpaired) electrons. The van der Waals surface area contributed by atoms with Gasteiger partial charge in [0, 0.05) is 5.41 Å². The summed E-state index contributed by atoms with van der Waals surface area (Å²) in [6, 6.07) is 2.68. The third-order valence-electron chi connectivity index (χ3n) is 2.92. The van der Waals surface area contributed by atoms with Crippen molar-refractivity contribution in [2.24, 2.45) is 0 Å². The molecule has 0 saturated carbocycles. The SMILES string of the molecule is Cc1ccc(C(=O)c2snnc2C(C)(C)C)c(F)c1F. The normalized spacial score (nSPS) is 11.7. The number of carbonyl (C=O) groups excluding carboxylic acids is 1. The zero-order valence-corrected chi connectivity index (χ0v) is 12.4. The highest BCUT2D eigenvalue weighted by Gasteiger charge is 2.29. The standard InChI is InChI=1S/C14H14F2N2OS/c1-7-5-6-8(10(16)9(7)15)11(19)12-13(14(2,3)4)17-18-20-12/h5-6H,1-4H3. The zero-order chi connectivity index (χ0) is 15.1. The van der Waals surface area contributed by atoms with Crippen LogP contribution in [0, 0.1) is 18.6 Å². The van der Waals surface area contributed by atoms with Crippen LogP contribution in [-0.4, -0.2) is 15.4 Å². The van der Waals surface area contributed by atoms with Crippen LogP contribution in [0.5, 0.6) is 0 Å². The molecule has 0 N–H and O–H groups in total. The molecule has 3 nitrogen and oxygen atoms in total. The number of hydrogen-bond acceptors (Lipinski definition) is 4. The van der Waals surface area contributed by atoms with Gasteiger partial charge in [0.1, 0.15) is 4.88 Å². The Morgan fingerprint density at radius 2 is 1.85 bits per heavy atom. The van der Waals surface area contributed by atoms with Crippen molar-refractivity contribution in [1.29, 1.82) is 0 Å². The van der Waals surface area contributed by atoms with Crippen molar-refractivity contribution in [2.45, 2.75) is 33.1 Å². The fourth-order valence-corrected chi connectivity index (χ4v) is 2.60. The summed E-state index contributed by atoms with van der Waals surface area (Å²) in [5.41, 5.74) is -0.0207. The molecule has 0 unspecified atom stereocenters. The van der Waals surface area contributed by atoms with Crippen molar-refractivity contribution in [1.82, 2.24) is 9.59 Å². The van der Waals surface area contributed by atoms with Gasteiger partial charge in [0.15, 0.2) is 11.6 Å². The van der Waals surface area contributed by atoms with Gasteiger partial charge in [-0.3, -0.25) is 4.79 Å². The molecule has 0 saturated heterocycles. The van der Waals surface area contributed by atoms with Crippen LogP contribution in [-0.2, 0) is 5.41 Å². The molecule has 1 aromatic carbocycles. The minimum atomic E-state index is -1.12. The van der Waals surface area contributed by atoms with Gasteiger partial charge in [0.2, 0.25) is 5.78 Å². The van der Waals surface area contributed by atoms with Crippen LogP contribution in [0.25, 0.3) is 0 Å². The highest BCUT2D eigenvalue weighted by molar-refractivity contribution is 7.08. The largest absolute Gasteiger partial charge is 0.287 e. The van der Waals surface area contributed by atoms with Gasteiger partial charge < -0.3 is 0 Å². The topological polar surface area (TPSA) is 42.9 Å². The van der Waals surface area contributed by atoms with E-state index in [4.69, 9.17) is 0 Å². The van der Waals surface area contributed by atoms with Gasteiger partial charge in [-0.2, -0.15) is 0 Å². The Morgan fingerprint density at radius 3 is 2.45 bits per heavy atom. The Bertz CT molecular complexity index is 674. The van der Waals surface area contributed by atoms with E-state index in [1.54, 1.807) is 0 Å². The third kappa shape index (κ3) is 2.47. The molecule has 1 aromatic heterocycles. The Balaban J connectivity index is 2.54. The summed E-state index contributed by atoms with van der Waals surface area (Å²) in [7, 11) is 0. The van der Waals surface area contributed by atoms with E-state index in [9.17, 15) is 13.6 Å². The summed E-state index contributed by atoms with van der Waals surface area (Å²) >= 11 is 0.898. The number of carbonyl (C=O) groups is 1. The van der Waals surface area contributed by atoms with Crippen LogP contribution in [0.4, 0.5) is 8.78 Å². The van der Waals surface area contributed by atoms with E-state index in [1.165, 1.54) is 19.1 Å². The Hall–Kier alpha value is -1.69. The number of rotatable bonds is 2. The number of benzene rings is 1. The highest BCUT2D eigenvalue weighted by Crippen LogP contribution is 2.29. The fourth-order valence-electron chi connectivity index (χ4n) is 1.77. The first-order valence-corrected chi connectivity index (χ1v) is 6.83. The van der Waals surface area contributed by atoms with Crippen molar-refractivity contribution in [3.63, 3.8) is 0 Å². The molecule has 0 aliphatic rings. The Labute approximate surface area is 119 Å². The third-order valence-corrected chi connectivity index (χ3v) is 3.65.